The molecule has 0 bridgehead atoms. The Bertz CT molecular complexity index is 1250. The standard InChI is InChI=1S/C23H25ClN4O4S/c1-16-3-8-19(33(30,31)28-11-13-32-14-12-28)15-20(16)23(29)26-21(22-25-9-10-27(22)2)17-4-6-18(24)7-5-17/h3-10,15,21H,11-14H2,1-2H3,(H,26,29)/t21-/m0/s1. The van der Waals surface area contributed by atoms with E-state index < -0.39 is 22.0 Å². The van der Waals surface area contributed by atoms with Crippen molar-refractivity contribution in [1.82, 2.24) is 19.2 Å². The molecule has 0 radical (unpaired) electrons. The summed E-state index contributed by atoms with van der Waals surface area (Å²) in [5, 5.41) is 3.60. The fourth-order valence-corrected chi connectivity index (χ4v) is 5.32. The average molecular weight is 489 g/mol. The Kier molecular flexibility index (Phi) is 6.85. The molecule has 1 N–H and O–H groups in total. The van der Waals surface area contributed by atoms with Crippen LogP contribution in [0.3, 0.4) is 0 Å². The van der Waals surface area contributed by atoms with E-state index in [1.54, 1.807) is 37.5 Å². The lowest BCUT2D eigenvalue weighted by molar-refractivity contribution is 0.0730. The van der Waals surface area contributed by atoms with Crippen molar-refractivity contribution in [1.29, 1.82) is 0 Å². The van der Waals surface area contributed by atoms with Crippen molar-refractivity contribution in [2.75, 3.05) is 26.3 Å². The normalized spacial score (nSPS) is 15.8. The van der Waals surface area contributed by atoms with Crippen LogP contribution in [0.15, 0.2) is 59.8 Å². The molecule has 0 aliphatic carbocycles. The Morgan fingerprint density at radius 1 is 1.15 bits per heavy atom. The summed E-state index contributed by atoms with van der Waals surface area (Å²) in [5.74, 6) is 0.245. The monoisotopic (exact) mass is 488 g/mol. The molecular formula is C23H25ClN4O4S. The van der Waals surface area contributed by atoms with Gasteiger partial charge < -0.3 is 14.6 Å². The van der Waals surface area contributed by atoms with Crippen molar-refractivity contribution in [3.05, 3.63) is 82.4 Å². The summed E-state index contributed by atoms with van der Waals surface area (Å²) in [6, 6.07) is 11.2. The first-order chi connectivity index (χ1) is 15.8. The lowest BCUT2D eigenvalue weighted by Crippen LogP contribution is -2.40. The van der Waals surface area contributed by atoms with E-state index in [1.807, 2.05) is 23.7 Å². The van der Waals surface area contributed by atoms with Gasteiger partial charge in [0.15, 0.2) is 0 Å². The number of hydrogen-bond acceptors (Lipinski definition) is 5. The van der Waals surface area contributed by atoms with Gasteiger partial charge in [-0.15, -0.1) is 0 Å². The Morgan fingerprint density at radius 3 is 2.48 bits per heavy atom. The highest BCUT2D eigenvalue weighted by molar-refractivity contribution is 7.89. The minimum Gasteiger partial charge on any atom is -0.379 e. The second-order valence-corrected chi connectivity index (χ2v) is 10.2. The van der Waals surface area contributed by atoms with Gasteiger partial charge in [-0.1, -0.05) is 29.8 Å². The smallest absolute Gasteiger partial charge is 0.252 e. The van der Waals surface area contributed by atoms with E-state index in [1.165, 1.54) is 16.4 Å². The molecule has 2 heterocycles. The van der Waals surface area contributed by atoms with Crippen LogP contribution < -0.4 is 5.32 Å². The number of carbonyl (C=O) groups is 1. The number of benzene rings is 2. The van der Waals surface area contributed by atoms with E-state index in [2.05, 4.69) is 10.3 Å². The molecule has 8 nitrogen and oxygen atoms in total. The number of aryl methyl sites for hydroxylation is 2. The lowest BCUT2D eigenvalue weighted by atomic mass is 10.0. The first-order valence-corrected chi connectivity index (χ1v) is 12.3. The lowest BCUT2D eigenvalue weighted by Gasteiger charge is -2.26. The third kappa shape index (κ3) is 4.96. The summed E-state index contributed by atoms with van der Waals surface area (Å²) >= 11 is 6.04. The van der Waals surface area contributed by atoms with Crippen molar-refractivity contribution in [2.45, 2.75) is 17.9 Å². The van der Waals surface area contributed by atoms with E-state index in [0.29, 0.717) is 29.6 Å². The molecule has 1 saturated heterocycles. The Labute approximate surface area is 198 Å². The molecule has 1 amide bonds. The van der Waals surface area contributed by atoms with Crippen LogP contribution in [0, 0.1) is 6.92 Å². The minimum absolute atomic E-state index is 0.0835. The van der Waals surface area contributed by atoms with E-state index in [9.17, 15) is 13.2 Å². The number of halogens is 1. The predicted octanol–water partition coefficient (Wildman–Crippen LogP) is 2.92. The average Bonchev–Trinajstić information content (AvgIpc) is 3.24. The van der Waals surface area contributed by atoms with Crippen molar-refractivity contribution in [3.8, 4) is 0 Å². The van der Waals surface area contributed by atoms with Crippen LogP contribution in [-0.2, 0) is 21.8 Å². The maximum atomic E-state index is 13.4. The minimum atomic E-state index is -3.73. The predicted molar refractivity (Wildman–Crippen MR) is 125 cm³/mol. The molecule has 0 saturated carbocycles. The third-order valence-electron chi connectivity index (χ3n) is 5.66. The molecule has 1 aliphatic heterocycles. The molecule has 1 aromatic heterocycles. The number of rotatable bonds is 6. The summed E-state index contributed by atoms with van der Waals surface area (Å²) in [6.07, 6.45) is 3.45. The number of nitrogens with one attached hydrogen (secondary N) is 1. The van der Waals surface area contributed by atoms with Gasteiger partial charge in [-0.2, -0.15) is 4.31 Å². The molecule has 0 spiro atoms. The van der Waals surface area contributed by atoms with Gasteiger partial charge in [-0.25, -0.2) is 13.4 Å². The quantitative estimate of drug-likeness (QED) is 0.575. The van der Waals surface area contributed by atoms with Crippen LogP contribution in [0.2, 0.25) is 5.02 Å². The molecule has 2 aromatic carbocycles. The molecule has 1 atom stereocenters. The number of ether oxygens (including phenoxy) is 1. The molecule has 0 unspecified atom stereocenters. The van der Waals surface area contributed by atoms with E-state index >= 15 is 0 Å². The topological polar surface area (TPSA) is 93.5 Å². The number of amides is 1. The van der Waals surface area contributed by atoms with Crippen molar-refractivity contribution >= 4 is 27.5 Å². The summed E-state index contributed by atoms with van der Waals surface area (Å²) in [4.78, 5) is 17.9. The molecule has 10 heteroatoms. The number of morpholine rings is 1. The highest BCUT2D eigenvalue weighted by atomic mass is 35.5. The first kappa shape index (κ1) is 23.4. The molecular weight excluding hydrogens is 464 g/mol. The molecule has 1 fully saturated rings. The van der Waals surface area contributed by atoms with Crippen LogP contribution in [-0.4, -0.2) is 54.5 Å². The van der Waals surface area contributed by atoms with Crippen molar-refractivity contribution in [3.63, 3.8) is 0 Å². The third-order valence-corrected chi connectivity index (χ3v) is 7.80. The van der Waals surface area contributed by atoms with E-state index in [-0.39, 0.29) is 23.5 Å². The SMILES string of the molecule is Cc1ccc(S(=O)(=O)N2CCOCC2)cc1C(=O)N[C@@H](c1ccc(Cl)cc1)c1nccn1C. The van der Waals surface area contributed by atoms with Crippen LogP contribution in [0.4, 0.5) is 0 Å². The highest BCUT2D eigenvalue weighted by Crippen LogP contribution is 2.25. The van der Waals surface area contributed by atoms with Crippen LogP contribution >= 0.6 is 11.6 Å². The fourth-order valence-electron chi connectivity index (χ4n) is 3.76. The number of nitrogens with zero attached hydrogens (tertiary/aromatic N) is 3. The summed E-state index contributed by atoms with van der Waals surface area (Å²) in [5.41, 5.74) is 1.76. The number of sulfonamides is 1. The zero-order valence-electron chi connectivity index (χ0n) is 18.4. The number of hydrogen-bond donors (Lipinski definition) is 1. The van der Waals surface area contributed by atoms with Gasteiger partial charge in [-0.3, -0.25) is 4.79 Å². The van der Waals surface area contributed by atoms with Crippen molar-refractivity contribution < 1.29 is 17.9 Å². The van der Waals surface area contributed by atoms with Gasteiger partial charge in [0, 0.05) is 43.1 Å². The number of carbonyl (C=O) groups excluding carboxylic acids is 1. The van der Waals surface area contributed by atoms with Gasteiger partial charge in [-0.05, 0) is 42.3 Å². The zero-order valence-corrected chi connectivity index (χ0v) is 19.9. The summed E-state index contributed by atoms with van der Waals surface area (Å²) in [6.45, 7) is 3.05. The maximum Gasteiger partial charge on any atom is 0.252 e. The van der Waals surface area contributed by atoms with Gasteiger partial charge >= 0.3 is 0 Å². The van der Waals surface area contributed by atoms with Gasteiger partial charge in [0.25, 0.3) is 5.91 Å². The molecule has 3 aromatic rings. The second-order valence-electron chi connectivity index (χ2n) is 7.85. The van der Waals surface area contributed by atoms with Crippen molar-refractivity contribution in [2.24, 2.45) is 7.05 Å². The van der Waals surface area contributed by atoms with Gasteiger partial charge in [0.2, 0.25) is 10.0 Å². The molecule has 1 aliphatic rings. The molecule has 174 valence electrons. The van der Waals surface area contributed by atoms with Crippen LogP contribution in [0.5, 0.6) is 0 Å². The number of imidazole rings is 1. The van der Waals surface area contributed by atoms with Gasteiger partial charge in [0.1, 0.15) is 11.9 Å². The van der Waals surface area contributed by atoms with Crippen LogP contribution in [0.1, 0.15) is 33.4 Å². The Hall–Kier alpha value is -2.72. The summed E-state index contributed by atoms with van der Waals surface area (Å²) < 4.78 is 34.7. The Morgan fingerprint density at radius 2 is 1.85 bits per heavy atom. The van der Waals surface area contributed by atoms with Crippen LogP contribution in [0.25, 0.3) is 0 Å². The fraction of sp³-hybridized carbons (Fsp3) is 0.304. The molecule has 4 rings (SSSR count). The zero-order chi connectivity index (χ0) is 23.6. The maximum absolute atomic E-state index is 13.4. The van der Waals surface area contributed by atoms with E-state index in [4.69, 9.17) is 16.3 Å². The second kappa shape index (κ2) is 9.64. The summed E-state index contributed by atoms with van der Waals surface area (Å²) in [7, 11) is -1.88. The first-order valence-electron chi connectivity index (χ1n) is 10.5. The largest absolute Gasteiger partial charge is 0.379 e. The van der Waals surface area contributed by atoms with Gasteiger partial charge in [0.05, 0.1) is 18.1 Å². The highest BCUT2D eigenvalue weighted by Gasteiger charge is 2.28. The van der Waals surface area contributed by atoms with E-state index in [0.717, 1.165) is 5.56 Å². The molecule has 33 heavy (non-hydrogen) atoms. The number of aromatic nitrogens is 2. The Balaban J connectivity index is 1.67.